The molecular weight excluding hydrogens is 849 g/mol. The Morgan fingerprint density at radius 2 is 1.18 bits per heavy atom. The van der Waals surface area contributed by atoms with Gasteiger partial charge in [0.2, 0.25) is 5.17 Å². The largest absolute Gasteiger partial charge is 0.466 e. The Morgan fingerprint density at radius 1 is 0.709 bits per heavy atom. The lowest BCUT2D eigenvalue weighted by Crippen LogP contribution is -2.75. The van der Waals surface area contributed by atoms with Crippen LogP contribution in [0.25, 0.3) is 0 Å². The van der Waals surface area contributed by atoms with E-state index in [9.17, 15) is 92.6 Å². The number of anilines is 1. The molecular formula is C27H14F17N3O6S2. The molecule has 0 aliphatic carbocycles. The van der Waals surface area contributed by atoms with Crippen molar-refractivity contribution in [1.82, 2.24) is 0 Å². The Kier molecular flexibility index (Phi) is 11.8. The van der Waals surface area contributed by atoms with E-state index in [-0.39, 0.29) is 33.5 Å². The monoisotopic (exact) mass is 863 g/mol. The van der Waals surface area contributed by atoms with Gasteiger partial charge in [-0.05, 0) is 53.7 Å². The quantitative estimate of drug-likeness (QED) is 0.0503. The van der Waals surface area contributed by atoms with E-state index in [1.807, 2.05) is 0 Å². The van der Waals surface area contributed by atoms with E-state index in [2.05, 4.69) is 19.1 Å². The number of ether oxygens (including phenoxy) is 1. The van der Waals surface area contributed by atoms with E-state index in [0.717, 1.165) is 24.3 Å². The van der Waals surface area contributed by atoms with Crippen LogP contribution >= 0.6 is 11.8 Å². The first-order chi connectivity index (χ1) is 24.8. The molecule has 2 aromatic carbocycles. The zero-order valence-corrected chi connectivity index (χ0v) is 27.5. The molecule has 0 unspecified atom stereocenters. The summed E-state index contributed by atoms with van der Waals surface area (Å²) in [7, 11) is -6.82. The first kappa shape index (κ1) is 44.8. The summed E-state index contributed by atoms with van der Waals surface area (Å²) >= 11 is 0.617. The SMILES string of the molecule is COC(=O)/C=C1/S/C(=N\N=C\c2ccc(OS(=O)(=O)C(F)(F)C(F)(F)C(F)(F)C(F)(F)C(F)(F)C(F)(F)C(F)(F)C(F)(F)F)cc2)N(c2ccccc2)C1=O. The number of halogens is 17. The summed E-state index contributed by atoms with van der Waals surface area (Å²) in [5.41, 5.74) is 0.00512. The number of para-hydroxylation sites is 1. The zero-order valence-electron chi connectivity index (χ0n) is 25.9. The van der Waals surface area contributed by atoms with Gasteiger partial charge in [-0.15, -0.1) is 5.10 Å². The number of nitrogens with zero attached hydrogens (tertiary/aromatic N) is 3. The maximum atomic E-state index is 14.4. The van der Waals surface area contributed by atoms with Gasteiger partial charge in [-0.1, -0.05) is 18.2 Å². The maximum absolute atomic E-state index is 14.4. The topological polar surface area (TPSA) is 115 Å². The van der Waals surface area contributed by atoms with Gasteiger partial charge in [0, 0.05) is 6.08 Å². The molecule has 1 saturated heterocycles. The van der Waals surface area contributed by atoms with E-state index >= 15 is 0 Å². The van der Waals surface area contributed by atoms with Gasteiger partial charge in [-0.25, -0.2) is 4.79 Å². The van der Waals surface area contributed by atoms with Crippen LogP contribution in [0.3, 0.4) is 0 Å². The number of hydrogen-bond donors (Lipinski definition) is 0. The standard InChI is InChI=1S/C27H14F17N3O6S2/c1-52-17(48)11-16-18(49)47(14-5-3-2-4-6-14)19(54-16)46-45-12-13-7-9-15(10-8-13)53-55(50,51)27(43,44)25(38,39)23(34,35)21(30,31)20(28,29)22(32,33)24(36,37)26(40,41)42/h2-12H,1H3/b16-11+,45-12+,46-19-. The van der Waals surface area contributed by atoms with Gasteiger partial charge in [-0.3, -0.25) is 9.69 Å². The van der Waals surface area contributed by atoms with Crippen molar-refractivity contribution in [1.29, 1.82) is 0 Å². The van der Waals surface area contributed by atoms with E-state index in [0.29, 0.717) is 23.9 Å². The minimum atomic E-state index is -8.98. The molecule has 2 aromatic rings. The number of carbonyl (C=O) groups excluding carboxylic acids is 2. The van der Waals surface area contributed by atoms with Crippen molar-refractivity contribution in [3.05, 3.63) is 71.1 Å². The molecule has 0 bridgehead atoms. The molecule has 0 radical (unpaired) electrons. The Balaban J connectivity index is 1.90. The molecule has 304 valence electrons. The fourth-order valence-corrected chi connectivity index (χ4v) is 5.56. The Hall–Kier alpha value is -4.63. The second-order valence-corrected chi connectivity index (χ2v) is 12.9. The fourth-order valence-electron chi connectivity index (χ4n) is 3.75. The van der Waals surface area contributed by atoms with Gasteiger partial charge in [0.15, 0.2) is 0 Å². The third-order valence-corrected chi connectivity index (χ3v) is 8.97. The third-order valence-electron chi connectivity index (χ3n) is 6.71. The van der Waals surface area contributed by atoms with Crippen LogP contribution in [0.1, 0.15) is 5.56 Å². The highest BCUT2D eigenvalue weighted by molar-refractivity contribution is 8.19. The second kappa shape index (κ2) is 14.5. The minimum Gasteiger partial charge on any atom is -0.466 e. The lowest BCUT2D eigenvalue weighted by molar-refractivity contribution is -0.458. The van der Waals surface area contributed by atoms with Crippen molar-refractivity contribution in [3.63, 3.8) is 0 Å². The molecule has 55 heavy (non-hydrogen) atoms. The number of carbonyl (C=O) groups is 2. The summed E-state index contributed by atoms with van der Waals surface area (Å²) in [5.74, 6) is -55.7. The van der Waals surface area contributed by atoms with Crippen molar-refractivity contribution >= 4 is 50.8 Å². The molecule has 0 spiro atoms. The summed E-state index contributed by atoms with van der Waals surface area (Å²) < 4.78 is 262. The summed E-state index contributed by atoms with van der Waals surface area (Å²) in [6.07, 6.45) is -6.34. The molecule has 0 aromatic heterocycles. The molecule has 1 amide bonds. The van der Waals surface area contributed by atoms with Gasteiger partial charge in [-0.2, -0.15) is 88.2 Å². The van der Waals surface area contributed by atoms with Gasteiger partial charge in [0.05, 0.1) is 23.9 Å². The minimum absolute atomic E-state index is 0.185. The number of hydrogen-bond acceptors (Lipinski definition) is 9. The molecule has 0 saturated carbocycles. The Labute approximate surface area is 298 Å². The molecule has 1 heterocycles. The van der Waals surface area contributed by atoms with Crippen LogP contribution in [0.15, 0.2) is 75.8 Å². The normalized spacial score (nSPS) is 17.4. The first-order valence-corrected chi connectivity index (χ1v) is 15.7. The van der Waals surface area contributed by atoms with Gasteiger partial charge < -0.3 is 8.92 Å². The highest BCUT2D eigenvalue weighted by Crippen LogP contribution is 2.64. The van der Waals surface area contributed by atoms with Crippen molar-refractivity contribution in [2.75, 3.05) is 12.0 Å². The summed E-state index contributed by atoms with van der Waals surface area (Å²) in [6.45, 7) is 0. The fraction of sp³-hybridized carbons (Fsp3) is 0.333. The predicted molar refractivity (Wildman–Crippen MR) is 153 cm³/mol. The van der Waals surface area contributed by atoms with Crippen LogP contribution in [0.4, 0.5) is 80.3 Å². The van der Waals surface area contributed by atoms with Crippen LogP contribution in [0.2, 0.25) is 0 Å². The highest BCUT2D eigenvalue weighted by Gasteiger charge is 2.96. The lowest BCUT2D eigenvalue weighted by Gasteiger charge is -2.42. The van der Waals surface area contributed by atoms with Gasteiger partial charge >= 0.3 is 63.1 Å². The van der Waals surface area contributed by atoms with E-state index in [1.54, 1.807) is 6.07 Å². The number of rotatable bonds is 13. The number of alkyl halides is 17. The number of amidine groups is 1. The van der Waals surface area contributed by atoms with Crippen molar-refractivity contribution in [2.24, 2.45) is 10.2 Å². The smallest absolute Gasteiger partial charge is 0.460 e. The predicted octanol–water partition coefficient (Wildman–Crippen LogP) is 7.89. The molecule has 1 aliphatic rings. The maximum Gasteiger partial charge on any atom is 0.460 e. The Bertz CT molecular complexity index is 1990. The van der Waals surface area contributed by atoms with Crippen molar-refractivity contribution < 1.29 is 102 Å². The average molecular weight is 864 g/mol. The molecule has 9 nitrogen and oxygen atoms in total. The molecule has 28 heteroatoms. The van der Waals surface area contributed by atoms with Crippen LogP contribution in [-0.2, 0) is 24.4 Å². The molecule has 0 atom stereocenters. The van der Waals surface area contributed by atoms with Crippen LogP contribution in [0.5, 0.6) is 5.75 Å². The molecule has 3 rings (SSSR count). The number of thioether (sulfide) groups is 1. The van der Waals surface area contributed by atoms with E-state index < -0.39 is 74.7 Å². The lowest BCUT2D eigenvalue weighted by atomic mass is 9.91. The molecule has 0 N–H and O–H groups in total. The summed E-state index contributed by atoms with van der Waals surface area (Å²) in [6, 6.07) is 9.33. The highest BCUT2D eigenvalue weighted by atomic mass is 32.2. The first-order valence-electron chi connectivity index (χ1n) is 13.5. The number of esters is 1. The van der Waals surface area contributed by atoms with Crippen LogP contribution in [0, 0.1) is 0 Å². The molecule has 1 fully saturated rings. The van der Waals surface area contributed by atoms with Crippen LogP contribution < -0.4 is 9.08 Å². The third kappa shape index (κ3) is 7.40. The average Bonchev–Trinajstić information content (AvgIpc) is 3.38. The van der Waals surface area contributed by atoms with Gasteiger partial charge in [0.1, 0.15) is 5.75 Å². The number of benzene rings is 2. The van der Waals surface area contributed by atoms with Crippen LogP contribution in [-0.4, -0.2) is 85.8 Å². The van der Waals surface area contributed by atoms with Gasteiger partial charge in [0.25, 0.3) is 5.91 Å². The number of methoxy groups -OCH3 is 1. The van der Waals surface area contributed by atoms with Crippen molar-refractivity contribution in [2.45, 2.75) is 47.0 Å². The second-order valence-electron chi connectivity index (χ2n) is 10.3. The zero-order chi connectivity index (χ0) is 42.4. The Morgan fingerprint density at radius 3 is 1.65 bits per heavy atom. The van der Waals surface area contributed by atoms with E-state index in [1.165, 1.54) is 24.3 Å². The number of amides is 1. The summed E-state index contributed by atoms with van der Waals surface area (Å²) in [4.78, 5) is 25.3. The molecule has 1 aliphatic heterocycles. The van der Waals surface area contributed by atoms with E-state index in [4.69, 9.17) is 0 Å². The summed E-state index contributed by atoms with van der Waals surface area (Å²) in [5, 5.41) is -0.663. The van der Waals surface area contributed by atoms with Crippen molar-refractivity contribution in [3.8, 4) is 5.75 Å².